The Labute approximate surface area is 128 Å². The second-order valence-corrected chi connectivity index (χ2v) is 5.38. The fourth-order valence-electron chi connectivity index (χ4n) is 2.57. The monoisotopic (exact) mass is 300 g/mol. The van der Waals surface area contributed by atoms with Crippen molar-refractivity contribution >= 4 is 22.6 Å². The van der Waals surface area contributed by atoms with Gasteiger partial charge >= 0.3 is 0 Å². The largest absolute Gasteiger partial charge is 0.370 e. The van der Waals surface area contributed by atoms with Crippen molar-refractivity contribution in [3.05, 3.63) is 47.5 Å². The van der Waals surface area contributed by atoms with Crippen LogP contribution in [0.2, 0.25) is 0 Å². The lowest BCUT2D eigenvalue weighted by molar-refractivity contribution is -0.119. The molecule has 0 saturated heterocycles. The lowest BCUT2D eigenvalue weighted by Crippen LogP contribution is -2.25. The van der Waals surface area contributed by atoms with Crippen molar-refractivity contribution in [2.75, 3.05) is 0 Å². The molecular formula is C16H20N4O2. The molecule has 22 heavy (non-hydrogen) atoms. The van der Waals surface area contributed by atoms with Gasteiger partial charge in [0.15, 0.2) is 0 Å². The molecule has 0 radical (unpaired) electrons. The zero-order valence-electron chi connectivity index (χ0n) is 12.2. The summed E-state index contributed by atoms with van der Waals surface area (Å²) in [6.45, 7) is 0. The predicted molar refractivity (Wildman–Crippen MR) is 85.4 cm³/mol. The molecule has 6 heteroatoms. The highest BCUT2D eigenvalue weighted by molar-refractivity contribution is 5.85. The van der Waals surface area contributed by atoms with Crippen LogP contribution in [0.1, 0.15) is 36.1 Å². The molecule has 0 aliphatic carbocycles. The van der Waals surface area contributed by atoms with E-state index in [0.717, 1.165) is 10.8 Å². The predicted octanol–water partition coefficient (Wildman–Crippen LogP) is 0.590. The van der Waals surface area contributed by atoms with Gasteiger partial charge in [-0.2, -0.15) is 0 Å². The minimum Gasteiger partial charge on any atom is -0.370 e. The number of fused-ring (bicyclic) bond motifs is 1. The molecule has 0 heterocycles. The molecule has 0 aliphatic rings. The molecule has 116 valence electrons. The quantitative estimate of drug-likeness (QED) is 0.620. The van der Waals surface area contributed by atoms with Crippen LogP contribution in [0.4, 0.5) is 0 Å². The molecule has 6 nitrogen and oxygen atoms in total. The minimum atomic E-state index is -0.573. The van der Waals surface area contributed by atoms with Crippen molar-refractivity contribution in [3.8, 4) is 0 Å². The molecule has 8 N–H and O–H groups in total. The van der Waals surface area contributed by atoms with Crippen LogP contribution < -0.4 is 22.9 Å². The molecule has 2 unspecified atom stereocenters. The molecule has 0 aromatic heterocycles. The number of hydrogen-bond acceptors (Lipinski definition) is 4. The third-order valence-corrected chi connectivity index (χ3v) is 3.59. The van der Waals surface area contributed by atoms with Crippen LogP contribution >= 0.6 is 0 Å². The summed E-state index contributed by atoms with van der Waals surface area (Å²) in [5.41, 5.74) is 24.0. The highest BCUT2D eigenvalue weighted by Gasteiger charge is 2.20. The van der Waals surface area contributed by atoms with Crippen molar-refractivity contribution < 1.29 is 9.59 Å². The molecule has 2 amide bonds. The molecule has 0 saturated carbocycles. The van der Waals surface area contributed by atoms with Gasteiger partial charge in [-0.3, -0.25) is 9.59 Å². The summed E-state index contributed by atoms with van der Waals surface area (Å²) in [5, 5.41) is 1.96. The van der Waals surface area contributed by atoms with E-state index in [1.807, 2.05) is 36.4 Å². The van der Waals surface area contributed by atoms with E-state index in [-0.39, 0.29) is 12.8 Å². The minimum absolute atomic E-state index is 0.00856. The number of amides is 2. The molecule has 2 rings (SSSR count). The van der Waals surface area contributed by atoms with Gasteiger partial charge in [-0.25, -0.2) is 0 Å². The van der Waals surface area contributed by atoms with Crippen molar-refractivity contribution in [1.29, 1.82) is 0 Å². The molecule has 0 spiro atoms. The highest BCUT2D eigenvalue weighted by atomic mass is 16.1. The van der Waals surface area contributed by atoms with E-state index >= 15 is 0 Å². The first kappa shape index (κ1) is 15.9. The standard InChI is InChI=1S/C16H20N4O2/c17-13(7-15(19)21)11-5-9-3-1-2-4-10(9)6-12(11)14(18)8-16(20)22/h1-6,13-14H,7-8,17-18H2,(H2,19,21)(H2,20,22). The van der Waals surface area contributed by atoms with Crippen molar-refractivity contribution in [3.63, 3.8) is 0 Å². The van der Waals surface area contributed by atoms with Gasteiger partial charge in [0.05, 0.1) is 0 Å². The summed E-state index contributed by atoms with van der Waals surface area (Å²) in [7, 11) is 0. The van der Waals surface area contributed by atoms with Gasteiger partial charge in [0.2, 0.25) is 11.8 Å². The highest BCUT2D eigenvalue weighted by Crippen LogP contribution is 2.30. The first-order chi connectivity index (χ1) is 10.4. The van der Waals surface area contributed by atoms with Gasteiger partial charge in [0, 0.05) is 24.9 Å². The zero-order valence-corrected chi connectivity index (χ0v) is 12.2. The smallest absolute Gasteiger partial charge is 0.219 e. The summed E-state index contributed by atoms with van der Waals surface area (Å²) in [6, 6.07) is 10.3. The van der Waals surface area contributed by atoms with Gasteiger partial charge in [-0.05, 0) is 34.0 Å². The number of rotatable bonds is 6. The van der Waals surface area contributed by atoms with Gasteiger partial charge < -0.3 is 22.9 Å². The zero-order chi connectivity index (χ0) is 16.3. The summed E-state index contributed by atoms with van der Waals surface area (Å²) < 4.78 is 0. The Balaban J connectivity index is 2.53. The summed E-state index contributed by atoms with van der Waals surface area (Å²) in [6.07, 6.45) is 0.0171. The summed E-state index contributed by atoms with van der Waals surface area (Å²) >= 11 is 0. The van der Waals surface area contributed by atoms with Crippen molar-refractivity contribution in [2.45, 2.75) is 24.9 Å². The third kappa shape index (κ3) is 3.60. The van der Waals surface area contributed by atoms with Crippen LogP contribution in [0, 0.1) is 0 Å². The summed E-state index contributed by atoms with van der Waals surface area (Å²) in [5.74, 6) is -0.981. The van der Waals surface area contributed by atoms with Crippen LogP contribution in [0.15, 0.2) is 36.4 Å². The van der Waals surface area contributed by atoms with Crippen LogP contribution in [0.25, 0.3) is 10.8 Å². The second kappa shape index (κ2) is 6.55. The molecule has 2 atom stereocenters. The maximum Gasteiger partial charge on any atom is 0.219 e. The van der Waals surface area contributed by atoms with Crippen molar-refractivity contribution in [1.82, 2.24) is 0 Å². The van der Waals surface area contributed by atoms with E-state index in [0.29, 0.717) is 11.1 Å². The normalized spacial score (nSPS) is 13.7. The molecule has 0 fully saturated rings. The first-order valence-electron chi connectivity index (χ1n) is 6.99. The van der Waals surface area contributed by atoms with Crippen LogP contribution in [0.3, 0.4) is 0 Å². The molecule has 0 bridgehead atoms. The first-order valence-corrected chi connectivity index (χ1v) is 6.99. The maximum atomic E-state index is 11.1. The topological polar surface area (TPSA) is 138 Å². The fraction of sp³-hybridized carbons (Fsp3) is 0.250. The fourth-order valence-corrected chi connectivity index (χ4v) is 2.57. The van der Waals surface area contributed by atoms with Crippen LogP contribution in [-0.4, -0.2) is 11.8 Å². The number of nitrogens with two attached hydrogens (primary N) is 4. The Morgan fingerprint density at radius 1 is 0.818 bits per heavy atom. The van der Waals surface area contributed by atoms with E-state index in [1.54, 1.807) is 0 Å². The number of carbonyl (C=O) groups excluding carboxylic acids is 2. The SMILES string of the molecule is NC(=O)CC(N)c1cc2ccccc2cc1C(N)CC(N)=O. The Hall–Kier alpha value is -2.44. The average molecular weight is 300 g/mol. The Bertz CT molecular complexity index is 654. The van der Waals surface area contributed by atoms with Gasteiger partial charge in [-0.15, -0.1) is 0 Å². The van der Waals surface area contributed by atoms with E-state index in [4.69, 9.17) is 22.9 Å². The second-order valence-electron chi connectivity index (χ2n) is 5.38. The van der Waals surface area contributed by atoms with E-state index in [2.05, 4.69) is 0 Å². The van der Waals surface area contributed by atoms with E-state index in [9.17, 15) is 9.59 Å². The number of carbonyl (C=O) groups is 2. The third-order valence-electron chi connectivity index (χ3n) is 3.59. The molecule has 0 aliphatic heterocycles. The van der Waals surface area contributed by atoms with Crippen LogP contribution in [0.5, 0.6) is 0 Å². The molecule has 2 aromatic carbocycles. The van der Waals surface area contributed by atoms with Gasteiger partial charge in [0.25, 0.3) is 0 Å². The van der Waals surface area contributed by atoms with E-state index < -0.39 is 23.9 Å². The van der Waals surface area contributed by atoms with Crippen LogP contribution in [-0.2, 0) is 9.59 Å². The molecular weight excluding hydrogens is 280 g/mol. The number of hydrogen-bond donors (Lipinski definition) is 4. The number of primary amides is 2. The van der Waals surface area contributed by atoms with E-state index in [1.165, 1.54) is 0 Å². The number of benzene rings is 2. The summed E-state index contributed by atoms with van der Waals surface area (Å²) in [4.78, 5) is 22.3. The van der Waals surface area contributed by atoms with Crippen molar-refractivity contribution in [2.24, 2.45) is 22.9 Å². The van der Waals surface area contributed by atoms with Gasteiger partial charge in [-0.1, -0.05) is 24.3 Å². The Morgan fingerprint density at radius 2 is 1.18 bits per heavy atom. The Morgan fingerprint density at radius 3 is 1.50 bits per heavy atom. The lowest BCUT2D eigenvalue weighted by Gasteiger charge is -2.20. The van der Waals surface area contributed by atoms with Gasteiger partial charge in [0.1, 0.15) is 0 Å². The maximum absolute atomic E-state index is 11.1. The molecule has 2 aromatic rings. The average Bonchev–Trinajstić information content (AvgIpc) is 2.44. The lowest BCUT2D eigenvalue weighted by atomic mass is 9.90. The Kier molecular flexibility index (Phi) is 4.75.